The molecule has 0 bridgehead atoms. The first kappa shape index (κ1) is 19.5. The van der Waals surface area contributed by atoms with Crippen molar-refractivity contribution in [2.45, 2.75) is 6.42 Å². The molecule has 0 unspecified atom stereocenters. The summed E-state index contributed by atoms with van der Waals surface area (Å²) in [6, 6.07) is 5.62. The molecule has 0 N–H and O–H groups in total. The fourth-order valence-corrected chi connectivity index (χ4v) is 2.98. The largest absolute Gasteiger partial charge is 0.483 e. The molecule has 3 nitrogen and oxygen atoms in total. The van der Waals surface area contributed by atoms with Crippen LogP contribution in [0.15, 0.2) is 24.3 Å². The van der Waals surface area contributed by atoms with Crippen LogP contribution in [0.4, 0.5) is 22.0 Å². The molecule has 0 heterocycles. The lowest BCUT2D eigenvalue weighted by molar-refractivity contribution is 0.137. The number of rotatable bonds is 7. The van der Waals surface area contributed by atoms with Crippen LogP contribution in [0, 0.1) is 29.1 Å². The average molecular weight is 378 g/mol. The first-order valence-corrected chi connectivity index (χ1v) is 8.60. The number of hydrogen-bond acceptors (Lipinski definition) is 3. The Morgan fingerprint density at radius 2 is 1.24 bits per heavy atom. The lowest BCUT2D eigenvalue weighted by Gasteiger charge is -2.12. The van der Waals surface area contributed by atoms with Gasteiger partial charge in [0, 0.05) is 20.8 Å². The minimum Gasteiger partial charge on any atom is -0.379 e. The van der Waals surface area contributed by atoms with Crippen molar-refractivity contribution in [1.82, 2.24) is 0 Å². The van der Waals surface area contributed by atoms with Gasteiger partial charge in [-0.25, -0.2) is 22.0 Å². The maximum atomic E-state index is 13.8. The molecule has 0 radical (unpaired) electrons. The normalized spacial score (nSPS) is 11.4. The van der Waals surface area contributed by atoms with E-state index in [9.17, 15) is 22.0 Å². The van der Waals surface area contributed by atoms with E-state index in [-0.39, 0.29) is 5.56 Å². The van der Waals surface area contributed by atoms with E-state index >= 15 is 0 Å². The predicted octanol–water partition coefficient (Wildman–Crippen LogP) is 3.62. The van der Waals surface area contributed by atoms with E-state index in [2.05, 4.69) is 0 Å². The van der Waals surface area contributed by atoms with E-state index in [1.165, 1.54) is 38.5 Å². The molecular weight excluding hydrogens is 363 g/mol. The molecule has 9 heteroatoms. The molecule has 25 heavy (non-hydrogen) atoms. The van der Waals surface area contributed by atoms with Crippen molar-refractivity contribution in [3.8, 4) is 11.1 Å². The van der Waals surface area contributed by atoms with Crippen LogP contribution in [0.1, 0.15) is 5.56 Å². The Morgan fingerprint density at radius 1 is 0.760 bits per heavy atom. The zero-order chi connectivity index (χ0) is 18.6. The summed E-state index contributed by atoms with van der Waals surface area (Å²) in [4.78, 5) is 0. The maximum Gasteiger partial charge on any atom is 0.483 e. The molecule has 2 rings (SSSR count). The highest BCUT2D eigenvalue weighted by Crippen LogP contribution is 2.31. The molecule has 0 spiro atoms. The molecule has 2 aromatic rings. The number of benzene rings is 2. The van der Waals surface area contributed by atoms with Crippen LogP contribution in [0.25, 0.3) is 11.1 Å². The van der Waals surface area contributed by atoms with Gasteiger partial charge < -0.3 is 13.3 Å². The van der Waals surface area contributed by atoms with Gasteiger partial charge in [-0.05, 0) is 17.5 Å². The van der Waals surface area contributed by atoms with Gasteiger partial charge in [-0.15, -0.1) is 0 Å². The van der Waals surface area contributed by atoms with Crippen LogP contribution in [-0.2, 0) is 19.7 Å². The second kappa shape index (κ2) is 8.52. The van der Waals surface area contributed by atoms with Gasteiger partial charge in [-0.1, -0.05) is 24.3 Å². The molecule has 0 aliphatic rings. The van der Waals surface area contributed by atoms with Crippen molar-refractivity contribution < 1.29 is 35.2 Å². The van der Waals surface area contributed by atoms with Crippen molar-refractivity contribution in [3.63, 3.8) is 0 Å². The van der Waals surface area contributed by atoms with Gasteiger partial charge in [-0.2, -0.15) is 0 Å². The van der Waals surface area contributed by atoms with Gasteiger partial charge in [0.05, 0.1) is 5.56 Å². The van der Waals surface area contributed by atoms with E-state index in [1.807, 2.05) is 0 Å². The molecule has 0 amide bonds. The molecule has 0 atom stereocenters. The lowest BCUT2D eigenvalue weighted by Crippen LogP contribution is -2.24. The summed E-state index contributed by atoms with van der Waals surface area (Å²) in [5, 5.41) is 0. The Balaban J connectivity index is 2.18. The Kier molecular flexibility index (Phi) is 6.65. The minimum absolute atomic E-state index is 0.112. The van der Waals surface area contributed by atoms with Crippen molar-refractivity contribution in [2.75, 3.05) is 20.8 Å². The van der Waals surface area contributed by atoms with Gasteiger partial charge in [0.25, 0.3) is 0 Å². The molecular formula is C16H15F5O3Si. The van der Waals surface area contributed by atoms with Crippen LogP contribution >= 0.6 is 0 Å². The maximum absolute atomic E-state index is 13.8. The van der Waals surface area contributed by atoms with Crippen LogP contribution in [0.2, 0.25) is 0 Å². The topological polar surface area (TPSA) is 27.7 Å². The molecule has 0 fully saturated rings. The molecule has 2 aromatic carbocycles. The van der Waals surface area contributed by atoms with Gasteiger partial charge in [-0.3, -0.25) is 0 Å². The third-order valence-corrected chi connectivity index (χ3v) is 4.76. The zero-order valence-corrected chi connectivity index (χ0v) is 14.6. The van der Waals surface area contributed by atoms with Crippen LogP contribution < -0.4 is 0 Å². The SMILES string of the molecule is CO[SiH](OC)OCCc1ccc(-c2c(F)c(F)c(F)c(F)c2F)cc1. The van der Waals surface area contributed by atoms with Gasteiger partial charge in [0.1, 0.15) is 0 Å². The summed E-state index contributed by atoms with van der Waals surface area (Å²) >= 11 is 0. The standard InChI is InChI=1S/C16H15F5O3Si/c1-22-25(23-2)24-8-7-9-3-5-10(6-4-9)11-12(17)14(19)16(21)15(20)13(11)18/h3-6,25H,7-8H2,1-2H3. The third kappa shape index (κ3) is 4.24. The molecule has 0 saturated heterocycles. The Morgan fingerprint density at radius 3 is 1.72 bits per heavy atom. The fourth-order valence-electron chi connectivity index (χ4n) is 2.20. The summed E-state index contributed by atoms with van der Waals surface area (Å²) in [6.45, 7) is 0.306. The second-order valence-electron chi connectivity index (χ2n) is 5.02. The molecule has 0 aliphatic carbocycles. The lowest BCUT2D eigenvalue weighted by atomic mass is 10.0. The average Bonchev–Trinajstić information content (AvgIpc) is 2.63. The van der Waals surface area contributed by atoms with E-state index in [1.54, 1.807) is 0 Å². The number of hydrogen-bond donors (Lipinski definition) is 0. The summed E-state index contributed by atoms with van der Waals surface area (Å²) in [5.74, 6) is -9.84. The van der Waals surface area contributed by atoms with E-state index in [4.69, 9.17) is 13.3 Å². The zero-order valence-electron chi connectivity index (χ0n) is 13.4. The monoisotopic (exact) mass is 378 g/mol. The van der Waals surface area contributed by atoms with Gasteiger partial charge in [0.15, 0.2) is 23.3 Å². The highest BCUT2D eigenvalue weighted by atomic mass is 28.3. The Hall–Kier alpha value is -1.81. The van der Waals surface area contributed by atoms with Crippen LogP contribution in [0.5, 0.6) is 0 Å². The predicted molar refractivity (Wildman–Crippen MR) is 82.5 cm³/mol. The quantitative estimate of drug-likeness (QED) is 0.319. The first-order valence-electron chi connectivity index (χ1n) is 7.18. The molecule has 0 aromatic heterocycles. The number of halogens is 5. The molecule has 136 valence electrons. The van der Waals surface area contributed by atoms with Crippen molar-refractivity contribution in [2.24, 2.45) is 0 Å². The summed E-state index contributed by atoms with van der Waals surface area (Å²) < 4.78 is 82.6. The van der Waals surface area contributed by atoms with E-state index in [0.717, 1.165) is 5.56 Å². The van der Waals surface area contributed by atoms with Crippen LogP contribution in [0.3, 0.4) is 0 Å². The highest BCUT2D eigenvalue weighted by molar-refractivity contribution is 6.36. The molecule has 0 aliphatic heterocycles. The van der Waals surface area contributed by atoms with Gasteiger partial charge in [0.2, 0.25) is 5.82 Å². The van der Waals surface area contributed by atoms with Crippen molar-refractivity contribution >= 4 is 9.53 Å². The third-order valence-electron chi connectivity index (χ3n) is 3.48. The highest BCUT2D eigenvalue weighted by Gasteiger charge is 2.26. The van der Waals surface area contributed by atoms with E-state index < -0.39 is 44.2 Å². The first-order chi connectivity index (χ1) is 11.9. The Bertz CT molecular complexity index is 707. The van der Waals surface area contributed by atoms with Crippen molar-refractivity contribution in [1.29, 1.82) is 0 Å². The van der Waals surface area contributed by atoms with Gasteiger partial charge >= 0.3 is 9.53 Å². The summed E-state index contributed by atoms with van der Waals surface area (Å²) in [6.07, 6.45) is 0.466. The molecule has 0 saturated carbocycles. The smallest absolute Gasteiger partial charge is 0.379 e. The second-order valence-corrected chi connectivity index (χ2v) is 6.88. The summed E-state index contributed by atoms with van der Waals surface area (Å²) in [7, 11) is 0.803. The van der Waals surface area contributed by atoms with E-state index in [0.29, 0.717) is 13.0 Å². The van der Waals surface area contributed by atoms with Crippen LogP contribution in [-0.4, -0.2) is 30.4 Å². The Labute approximate surface area is 142 Å². The fraction of sp³-hybridized carbons (Fsp3) is 0.250. The van der Waals surface area contributed by atoms with Crippen molar-refractivity contribution in [3.05, 3.63) is 58.9 Å². The minimum atomic E-state index is -2.18. The summed E-state index contributed by atoms with van der Waals surface area (Å²) in [5.41, 5.74) is -0.309.